The molecule has 18 heavy (non-hydrogen) atoms. The minimum atomic E-state index is -1.47. The predicted octanol–water partition coefficient (Wildman–Crippen LogP) is 2.25. The van der Waals surface area contributed by atoms with Crippen LogP contribution in [0.4, 0.5) is 0 Å². The Morgan fingerprint density at radius 2 is 1.83 bits per heavy atom. The van der Waals surface area contributed by atoms with Crippen molar-refractivity contribution in [2.75, 3.05) is 7.11 Å². The summed E-state index contributed by atoms with van der Waals surface area (Å²) in [6.45, 7) is 7.66. The topological polar surface area (TPSA) is 72.5 Å². The van der Waals surface area contributed by atoms with Crippen molar-refractivity contribution in [2.24, 2.45) is 5.73 Å². The van der Waals surface area contributed by atoms with Crippen LogP contribution in [0.15, 0.2) is 18.2 Å². The maximum absolute atomic E-state index is 11.3. The fraction of sp³-hybridized carbons (Fsp3) is 0.500. The molecule has 4 nitrogen and oxygen atoms in total. The van der Waals surface area contributed by atoms with E-state index in [1.165, 1.54) is 14.0 Å². The van der Waals surface area contributed by atoms with E-state index >= 15 is 0 Å². The van der Waals surface area contributed by atoms with Crippen LogP contribution in [0.5, 0.6) is 5.75 Å². The Bertz CT molecular complexity index is 459. The number of carboxylic acids is 1. The molecule has 0 aliphatic rings. The zero-order chi connectivity index (χ0) is 14.1. The molecule has 3 N–H and O–H groups in total. The van der Waals surface area contributed by atoms with Crippen LogP contribution in [0.2, 0.25) is 0 Å². The van der Waals surface area contributed by atoms with Gasteiger partial charge in [0.05, 0.1) is 7.11 Å². The van der Waals surface area contributed by atoms with Crippen LogP contribution in [0.25, 0.3) is 0 Å². The van der Waals surface area contributed by atoms with Gasteiger partial charge in [-0.25, -0.2) is 4.79 Å². The third-order valence-electron chi connectivity index (χ3n) is 3.07. The third kappa shape index (κ3) is 2.64. The standard InChI is InChI=1S/C14H21NO3/c1-13(2,3)9-6-7-11(18-5)10(8-9)14(4,15)12(16)17/h6-8H,15H2,1-5H3,(H,16,17). The molecule has 0 spiro atoms. The van der Waals surface area contributed by atoms with Crippen LogP contribution in [-0.2, 0) is 15.7 Å². The van der Waals surface area contributed by atoms with Gasteiger partial charge in [0.2, 0.25) is 0 Å². The number of benzene rings is 1. The largest absolute Gasteiger partial charge is 0.496 e. The number of nitrogens with two attached hydrogens (primary N) is 1. The van der Waals surface area contributed by atoms with Gasteiger partial charge in [0, 0.05) is 5.56 Å². The number of hydrogen-bond donors (Lipinski definition) is 2. The molecular formula is C14H21NO3. The normalized spacial score (nSPS) is 15.0. The Labute approximate surface area is 108 Å². The first kappa shape index (κ1) is 14.5. The lowest BCUT2D eigenvalue weighted by molar-refractivity contribution is -0.143. The Morgan fingerprint density at radius 3 is 2.22 bits per heavy atom. The maximum Gasteiger partial charge on any atom is 0.328 e. The van der Waals surface area contributed by atoms with E-state index in [1.54, 1.807) is 6.07 Å². The van der Waals surface area contributed by atoms with Crippen LogP contribution >= 0.6 is 0 Å². The van der Waals surface area contributed by atoms with Gasteiger partial charge < -0.3 is 15.6 Å². The van der Waals surface area contributed by atoms with E-state index in [4.69, 9.17) is 10.5 Å². The second-order valence-corrected chi connectivity index (χ2v) is 5.67. The number of carbonyl (C=O) groups is 1. The van der Waals surface area contributed by atoms with E-state index in [-0.39, 0.29) is 5.41 Å². The van der Waals surface area contributed by atoms with Crippen LogP contribution in [0.3, 0.4) is 0 Å². The molecule has 0 radical (unpaired) electrons. The van der Waals surface area contributed by atoms with Crippen molar-refractivity contribution in [3.8, 4) is 5.75 Å². The summed E-state index contributed by atoms with van der Waals surface area (Å²) >= 11 is 0. The third-order valence-corrected chi connectivity index (χ3v) is 3.07. The second-order valence-electron chi connectivity index (χ2n) is 5.67. The summed E-state index contributed by atoms with van der Waals surface area (Å²) in [4.78, 5) is 11.3. The summed E-state index contributed by atoms with van der Waals surface area (Å²) in [5.74, 6) is -0.581. The number of hydrogen-bond acceptors (Lipinski definition) is 3. The zero-order valence-corrected chi connectivity index (χ0v) is 11.6. The number of carboxylic acid groups (broad SMARTS) is 1. The number of rotatable bonds is 3. The molecule has 0 aliphatic heterocycles. The van der Waals surface area contributed by atoms with E-state index in [9.17, 15) is 9.90 Å². The lowest BCUT2D eigenvalue weighted by Crippen LogP contribution is -2.42. The molecule has 1 unspecified atom stereocenters. The average molecular weight is 251 g/mol. The van der Waals surface area contributed by atoms with Crippen LogP contribution in [0, 0.1) is 0 Å². The van der Waals surface area contributed by atoms with Gasteiger partial charge in [-0.15, -0.1) is 0 Å². The maximum atomic E-state index is 11.3. The fourth-order valence-electron chi connectivity index (χ4n) is 1.70. The summed E-state index contributed by atoms with van der Waals surface area (Å²) in [5.41, 5.74) is 5.87. The summed E-state index contributed by atoms with van der Waals surface area (Å²) in [6.07, 6.45) is 0. The first-order chi connectivity index (χ1) is 8.10. The van der Waals surface area contributed by atoms with Gasteiger partial charge in [0.1, 0.15) is 11.3 Å². The zero-order valence-electron chi connectivity index (χ0n) is 11.6. The highest BCUT2D eigenvalue weighted by Crippen LogP contribution is 2.33. The fourth-order valence-corrected chi connectivity index (χ4v) is 1.70. The SMILES string of the molecule is COc1ccc(C(C)(C)C)cc1C(C)(N)C(=O)O. The minimum Gasteiger partial charge on any atom is -0.496 e. The lowest BCUT2D eigenvalue weighted by atomic mass is 9.82. The van der Waals surface area contributed by atoms with E-state index in [0.29, 0.717) is 11.3 Å². The minimum absolute atomic E-state index is 0.0738. The van der Waals surface area contributed by atoms with Gasteiger partial charge in [-0.3, -0.25) is 0 Å². The van der Waals surface area contributed by atoms with Crippen molar-refractivity contribution in [1.82, 2.24) is 0 Å². The monoisotopic (exact) mass is 251 g/mol. The molecular weight excluding hydrogens is 230 g/mol. The summed E-state index contributed by atoms with van der Waals surface area (Å²) in [7, 11) is 1.51. The molecule has 0 fully saturated rings. The van der Waals surface area contributed by atoms with Gasteiger partial charge in [0.25, 0.3) is 0 Å². The molecule has 0 saturated heterocycles. The predicted molar refractivity (Wildman–Crippen MR) is 70.9 cm³/mol. The smallest absolute Gasteiger partial charge is 0.328 e. The Hall–Kier alpha value is -1.55. The summed E-state index contributed by atoms with van der Waals surface area (Å²) in [5, 5.41) is 9.23. The van der Waals surface area contributed by atoms with Crippen molar-refractivity contribution in [3.63, 3.8) is 0 Å². The Kier molecular flexibility index (Phi) is 3.72. The molecule has 0 saturated carbocycles. The number of ether oxygens (including phenoxy) is 1. The molecule has 0 bridgehead atoms. The second kappa shape index (κ2) is 4.61. The Morgan fingerprint density at radius 1 is 1.28 bits per heavy atom. The number of methoxy groups -OCH3 is 1. The van der Waals surface area contributed by atoms with Gasteiger partial charge in [-0.2, -0.15) is 0 Å². The highest BCUT2D eigenvalue weighted by molar-refractivity contribution is 5.81. The van der Waals surface area contributed by atoms with Crippen LogP contribution < -0.4 is 10.5 Å². The summed E-state index contributed by atoms with van der Waals surface area (Å²) < 4.78 is 5.21. The molecule has 0 amide bonds. The van der Waals surface area contributed by atoms with Crippen molar-refractivity contribution in [3.05, 3.63) is 29.3 Å². The van der Waals surface area contributed by atoms with Crippen molar-refractivity contribution in [2.45, 2.75) is 38.6 Å². The molecule has 0 aromatic heterocycles. The van der Waals surface area contributed by atoms with Crippen molar-refractivity contribution in [1.29, 1.82) is 0 Å². The highest BCUT2D eigenvalue weighted by atomic mass is 16.5. The quantitative estimate of drug-likeness (QED) is 0.864. The first-order valence-electron chi connectivity index (χ1n) is 5.82. The molecule has 100 valence electrons. The van der Waals surface area contributed by atoms with Gasteiger partial charge in [-0.1, -0.05) is 26.8 Å². The molecule has 0 aliphatic carbocycles. The Balaban J connectivity index is 3.45. The summed E-state index contributed by atoms with van der Waals surface area (Å²) in [6, 6.07) is 5.51. The molecule has 4 heteroatoms. The van der Waals surface area contributed by atoms with Crippen molar-refractivity contribution < 1.29 is 14.6 Å². The van der Waals surface area contributed by atoms with Crippen LogP contribution in [0.1, 0.15) is 38.8 Å². The highest BCUT2D eigenvalue weighted by Gasteiger charge is 2.34. The van der Waals surface area contributed by atoms with Gasteiger partial charge in [-0.05, 0) is 30.0 Å². The van der Waals surface area contributed by atoms with Crippen LogP contribution in [-0.4, -0.2) is 18.2 Å². The molecule has 1 rings (SSSR count). The number of aliphatic carboxylic acids is 1. The van der Waals surface area contributed by atoms with E-state index in [2.05, 4.69) is 20.8 Å². The average Bonchev–Trinajstić information content (AvgIpc) is 2.26. The van der Waals surface area contributed by atoms with Gasteiger partial charge in [0.15, 0.2) is 0 Å². The molecule has 1 aromatic rings. The first-order valence-corrected chi connectivity index (χ1v) is 5.82. The van der Waals surface area contributed by atoms with E-state index < -0.39 is 11.5 Å². The van der Waals surface area contributed by atoms with E-state index in [0.717, 1.165) is 5.56 Å². The molecule has 0 heterocycles. The molecule has 1 aromatic carbocycles. The van der Waals surface area contributed by atoms with E-state index in [1.807, 2.05) is 12.1 Å². The molecule has 1 atom stereocenters. The lowest BCUT2D eigenvalue weighted by Gasteiger charge is -2.26. The van der Waals surface area contributed by atoms with Crippen molar-refractivity contribution >= 4 is 5.97 Å². The van der Waals surface area contributed by atoms with Gasteiger partial charge >= 0.3 is 5.97 Å².